The number of hydrogen-bond acceptors (Lipinski definition) is 11. The normalized spacial score (nSPS) is 15.3. The van der Waals surface area contributed by atoms with E-state index in [-0.39, 0.29) is 30.4 Å². The summed E-state index contributed by atoms with van der Waals surface area (Å²) in [5.41, 5.74) is 1.90. The first-order valence-electron chi connectivity index (χ1n) is 14.5. The number of nitrogens with zero attached hydrogens (tertiary/aromatic N) is 3. The second-order valence-electron chi connectivity index (χ2n) is 10.4. The molecule has 13 heteroatoms. The number of non-ortho nitro benzene ring substituents is 1. The van der Waals surface area contributed by atoms with E-state index in [4.69, 9.17) is 28.4 Å². The second-order valence-corrected chi connectivity index (χ2v) is 11.4. The van der Waals surface area contributed by atoms with Gasteiger partial charge in [0.05, 0.1) is 52.1 Å². The zero-order chi connectivity index (χ0) is 32.7. The van der Waals surface area contributed by atoms with Crippen molar-refractivity contribution in [2.45, 2.75) is 13.0 Å². The number of rotatable bonds is 8. The maximum atomic E-state index is 14.2. The Morgan fingerprint density at radius 3 is 2.66 bits per heavy atom. The van der Waals surface area contributed by atoms with Crippen molar-refractivity contribution in [3.8, 4) is 28.6 Å². The van der Waals surface area contributed by atoms with Crippen LogP contribution in [0.2, 0.25) is 0 Å². The summed E-state index contributed by atoms with van der Waals surface area (Å²) in [4.78, 5) is 43.9. The number of ether oxygens (including phenoxy) is 4. The minimum atomic E-state index is -0.895. The molecule has 2 aliphatic heterocycles. The monoisotopic (exact) mass is 651 g/mol. The summed E-state index contributed by atoms with van der Waals surface area (Å²) in [5.74, 6) is 1.48. The van der Waals surface area contributed by atoms with Crippen LogP contribution in [0.25, 0.3) is 23.1 Å². The molecule has 0 saturated heterocycles. The molecule has 2 aromatic heterocycles. The van der Waals surface area contributed by atoms with Crippen molar-refractivity contribution in [3.63, 3.8) is 0 Å². The number of benzene rings is 3. The van der Waals surface area contributed by atoms with Gasteiger partial charge in [-0.05, 0) is 42.8 Å². The quantitative estimate of drug-likeness (QED) is 0.131. The van der Waals surface area contributed by atoms with Crippen molar-refractivity contribution in [2.24, 2.45) is 4.99 Å². The molecule has 0 radical (unpaired) electrons. The zero-order valence-electron chi connectivity index (χ0n) is 25.0. The first-order valence-corrected chi connectivity index (χ1v) is 15.3. The highest BCUT2D eigenvalue weighted by Gasteiger charge is 2.36. The molecule has 1 unspecified atom stereocenters. The first-order chi connectivity index (χ1) is 22.9. The Morgan fingerprint density at radius 2 is 1.89 bits per heavy atom. The number of nitro benzene ring substituents is 1. The summed E-state index contributed by atoms with van der Waals surface area (Å²) < 4.78 is 29.9. The van der Waals surface area contributed by atoms with Crippen molar-refractivity contribution in [3.05, 3.63) is 131 Å². The average Bonchev–Trinajstić information content (AvgIpc) is 3.83. The molecule has 236 valence electrons. The van der Waals surface area contributed by atoms with Gasteiger partial charge in [-0.1, -0.05) is 47.7 Å². The molecule has 5 aromatic rings. The van der Waals surface area contributed by atoms with Gasteiger partial charge in [0.2, 0.25) is 6.79 Å². The van der Waals surface area contributed by atoms with E-state index >= 15 is 0 Å². The molecule has 3 aromatic carbocycles. The summed E-state index contributed by atoms with van der Waals surface area (Å²) in [6, 6.07) is 21.2. The van der Waals surface area contributed by atoms with Gasteiger partial charge in [-0.3, -0.25) is 19.5 Å². The third-order valence-electron chi connectivity index (χ3n) is 7.65. The van der Waals surface area contributed by atoms with Crippen molar-refractivity contribution in [2.75, 3.05) is 20.5 Å². The van der Waals surface area contributed by atoms with E-state index < -0.39 is 22.5 Å². The van der Waals surface area contributed by atoms with Crippen LogP contribution in [0.15, 0.2) is 98.6 Å². The number of thiazole rings is 1. The molecular weight excluding hydrogens is 626 g/mol. The third-order valence-corrected chi connectivity index (χ3v) is 8.63. The maximum absolute atomic E-state index is 14.2. The van der Waals surface area contributed by atoms with Crippen molar-refractivity contribution in [1.82, 2.24) is 4.57 Å². The number of aromatic nitrogens is 1. The third kappa shape index (κ3) is 5.36. The van der Waals surface area contributed by atoms with Gasteiger partial charge >= 0.3 is 5.97 Å². The van der Waals surface area contributed by atoms with Crippen molar-refractivity contribution >= 4 is 34.8 Å². The smallest absolute Gasteiger partial charge is 0.338 e. The highest BCUT2D eigenvalue weighted by atomic mass is 32.1. The van der Waals surface area contributed by atoms with Crippen molar-refractivity contribution < 1.29 is 33.1 Å². The molecule has 0 aliphatic carbocycles. The lowest BCUT2D eigenvalue weighted by Gasteiger charge is -2.26. The van der Waals surface area contributed by atoms with Crippen LogP contribution in [-0.2, 0) is 9.53 Å². The summed E-state index contributed by atoms with van der Waals surface area (Å²) >= 11 is 1.15. The van der Waals surface area contributed by atoms with Gasteiger partial charge in [0.15, 0.2) is 16.3 Å². The fourth-order valence-electron chi connectivity index (χ4n) is 5.54. The fourth-order valence-corrected chi connectivity index (χ4v) is 6.52. The molecule has 7 rings (SSSR count). The van der Waals surface area contributed by atoms with E-state index in [0.717, 1.165) is 11.3 Å². The summed E-state index contributed by atoms with van der Waals surface area (Å²) in [7, 11) is 1.41. The fraction of sp³-hybridized carbons (Fsp3) is 0.147. The highest BCUT2D eigenvalue weighted by Crippen LogP contribution is 2.40. The van der Waals surface area contributed by atoms with Gasteiger partial charge in [-0.25, -0.2) is 9.79 Å². The lowest BCUT2D eigenvalue weighted by atomic mass is 9.93. The number of methoxy groups -OCH3 is 1. The van der Waals surface area contributed by atoms with Crippen LogP contribution in [0.1, 0.15) is 29.9 Å². The largest absolute Gasteiger partial charge is 0.496 e. The molecule has 2 aliphatic rings. The minimum Gasteiger partial charge on any atom is -0.496 e. The zero-order valence-corrected chi connectivity index (χ0v) is 25.8. The van der Waals surface area contributed by atoms with Crippen LogP contribution in [0.3, 0.4) is 0 Å². The van der Waals surface area contributed by atoms with E-state index in [2.05, 4.69) is 0 Å². The number of carbonyl (C=O) groups excluding carboxylic acids is 1. The topological polar surface area (TPSA) is 145 Å². The number of carbonyl (C=O) groups is 1. The Kier molecular flexibility index (Phi) is 7.66. The SMILES string of the molecule is CCOC(=O)C1=C(c2ccccc2)N=c2s/c(=C\c3ccc(-c4ccc([N+](=O)[O-])cc4OC)o3)c(=O)n2C1c1ccc2c(c1)OCO2. The maximum Gasteiger partial charge on any atom is 0.338 e. The Morgan fingerprint density at radius 1 is 1.09 bits per heavy atom. The summed E-state index contributed by atoms with van der Waals surface area (Å²) in [6.07, 6.45) is 1.60. The molecule has 0 fully saturated rings. The molecule has 0 saturated carbocycles. The Hall–Kier alpha value is -5.95. The van der Waals surface area contributed by atoms with Gasteiger partial charge in [0.25, 0.3) is 11.2 Å². The van der Waals surface area contributed by atoms with Gasteiger partial charge in [0, 0.05) is 17.7 Å². The standard InChI is InChI=1S/C34H25N3O9S/c1-3-43-33(39)29-30(19-7-5-4-6-8-19)35-34-36(31(29)20-9-13-25-27(15-20)45-18-44-25)32(38)28(47-34)17-22-11-14-24(46-22)23-12-10-21(37(40)41)16-26(23)42-2/h4-17,31H,3,18H2,1-2H3/b28-17-. The number of hydrogen-bond donors (Lipinski definition) is 0. The van der Waals surface area contributed by atoms with Crippen LogP contribution in [0.5, 0.6) is 17.2 Å². The molecule has 0 bridgehead atoms. The van der Waals surface area contributed by atoms with Gasteiger partial charge in [0.1, 0.15) is 17.3 Å². The lowest BCUT2D eigenvalue weighted by Crippen LogP contribution is -2.40. The predicted molar refractivity (Wildman–Crippen MR) is 171 cm³/mol. The van der Waals surface area contributed by atoms with Gasteiger partial charge in [-0.2, -0.15) is 0 Å². The molecule has 12 nitrogen and oxygen atoms in total. The number of esters is 1. The van der Waals surface area contributed by atoms with Crippen LogP contribution in [-0.4, -0.2) is 36.0 Å². The van der Waals surface area contributed by atoms with Crippen LogP contribution >= 0.6 is 11.3 Å². The number of furan rings is 1. The molecule has 0 amide bonds. The van der Waals surface area contributed by atoms with Crippen molar-refractivity contribution in [1.29, 1.82) is 0 Å². The van der Waals surface area contributed by atoms with E-state index in [0.29, 0.717) is 54.7 Å². The molecular formula is C34H25N3O9S. The van der Waals surface area contributed by atoms with Gasteiger partial charge in [-0.15, -0.1) is 0 Å². The predicted octanol–water partition coefficient (Wildman–Crippen LogP) is 4.84. The van der Waals surface area contributed by atoms with Crippen LogP contribution in [0, 0.1) is 10.1 Å². The van der Waals surface area contributed by atoms with E-state index in [1.807, 2.05) is 30.3 Å². The molecule has 4 heterocycles. The minimum absolute atomic E-state index is 0.0638. The summed E-state index contributed by atoms with van der Waals surface area (Å²) in [5, 5.41) is 11.2. The molecule has 1 atom stereocenters. The lowest BCUT2D eigenvalue weighted by molar-refractivity contribution is -0.384. The Balaban J connectivity index is 1.40. The van der Waals surface area contributed by atoms with Crippen LogP contribution < -0.4 is 29.1 Å². The van der Waals surface area contributed by atoms with E-state index in [1.165, 1.54) is 23.8 Å². The average molecular weight is 652 g/mol. The Labute approximate surface area is 270 Å². The Bertz CT molecular complexity index is 2270. The highest BCUT2D eigenvalue weighted by molar-refractivity contribution is 7.07. The number of nitro groups is 1. The second kappa shape index (κ2) is 12.1. The summed E-state index contributed by atoms with van der Waals surface area (Å²) in [6.45, 7) is 1.91. The first kappa shape index (κ1) is 29.7. The van der Waals surface area contributed by atoms with E-state index in [1.54, 1.807) is 49.4 Å². The van der Waals surface area contributed by atoms with Crippen LogP contribution in [0.4, 0.5) is 5.69 Å². The molecule has 0 N–H and O–H groups in total. The van der Waals surface area contributed by atoms with E-state index in [9.17, 15) is 19.7 Å². The molecule has 47 heavy (non-hydrogen) atoms. The number of fused-ring (bicyclic) bond motifs is 2. The molecule has 0 spiro atoms. The van der Waals surface area contributed by atoms with Gasteiger partial charge < -0.3 is 23.4 Å².